The van der Waals surface area contributed by atoms with Gasteiger partial charge in [0.2, 0.25) is 0 Å². The van der Waals surface area contributed by atoms with Crippen LogP contribution in [0.25, 0.3) is 0 Å². The summed E-state index contributed by atoms with van der Waals surface area (Å²) in [5.74, 6) is 0.748. The summed E-state index contributed by atoms with van der Waals surface area (Å²) in [6.45, 7) is 10.2. The molecule has 3 fully saturated rings. The standard InChI is InChI=1S/C19H36N2O2/c1-22-15-18-6-5-9-21(14-18)17-19(7-3-2-4-8-19)16-20-10-12-23-13-11-20/h18H,2-17H2,1H3/t18-/m1/s1. The molecule has 2 heterocycles. The van der Waals surface area contributed by atoms with Gasteiger partial charge in [0.25, 0.3) is 0 Å². The van der Waals surface area contributed by atoms with Crippen molar-refractivity contribution < 1.29 is 9.47 Å². The highest BCUT2D eigenvalue weighted by Crippen LogP contribution is 2.39. The Kier molecular flexibility index (Phi) is 6.75. The maximum Gasteiger partial charge on any atom is 0.0594 e. The van der Waals surface area contributed by atoms with Crippen molar-refractivity contribution in [2.75, 3.05) is 66.2 Å². The molecule has 0 spiro atoms. The van der Waals surface area contributed by atoms with Crippen molar-refractivity contribution in [3.05, 3.63) is 0 Å². The van der Waals surface area contributed by atoms with E-state index < -0.39 is 0 Å². The lowest BCUT2D eigenvalue weighted by Gasteiger charge is -2.46. The smallest absolute Gasteiger partial charge is 0.0594 e. The Morgan fingerprint density at radius 3 is 2.43 bits per heavy atom. The molecule has 4 heteroatoms. The monoisotopic (exact) mass is 324 g/mol. The van der Waals surface area contributed by atoms with Crippen molar-refractivity contribution in [3.63, 3.8) is 0 Å². The normalized spacial score (nSPS) is 30.4. The number of methoxy groups -OCH3 is 1. The highest BCUT2D eigenvalue weighted by molar-refractivity contribution is 4.90. The lowest BCUT2D eigenvalue weighted by atomic mass is 9.72. The van der Waals surface area contributed by atoms with Gasteiger partial charge in [-0.3, -0.25) is 4.90 Å². The molecule has 0 aromatic heterocycles. The predicted octanol–water partition coefficient (Wildman–Crippen LogP) is 2.63. The zero-order valence-electron chi connectivity index (χ0n) is 15.1. The molecule has 3 rings (SSSR count). The summed E-state index contributed by atoms with van der Waals surface area (Å²) in [7, 11) is 1.85. The number of rotatable bonds is 6. The van der Waals surface area contributed by atoms with Crippen molar-refractivity contribution in [2.45, 2.75) is 44.9 Å². The number of hydrogen-bond donors (Lipinski definition) is 0. The molecule has 0 unspecified atom stereocenters. The van der Waals surface area contributed by atoms with E-state index in [0.717, 1.165) is 38.8 Å². The van der Waals surface area contributed by atoms with Gasteiger partial charge < -0.3 is 14.4 Å². The average Bonchev–Trinajstić information content (AvgIpc) is 2.57. The Bertz CT molecular complexity index is 336. The number of piperidine rings is 1. The van der Waals surface area contributed by atoms with Gasteiger partial charge in [-0.1, -0.05) is 19.3 Å². The Morgan fingerprint density at radius 2 is 1.70 bits per heavy atom. The van der Waals surface area contributed by atoms with Crippen LogP contribution >= 0.6 is 0 Å². The fourth-order valence-corrected chi connectivity index (χ4v) is 5.04. The Hall–Kier alpha value is -0.160. The second kappa shape index (κ2) is 8.80. The third-order valence-electron chi connectivity index (χ3n) is 6.14. The number of nitrogens with zero attached hydrogens (tertiary/aromatic N) is 2. The first-order valence-electron chi connectivity index (χ1n) is 9.81. The maximum absolute atomic E-state index is 5.55. The van der Waals surface area contributed by atoms with E-state index in [1.165, 1.54) is 71.1 Å². The molecule has 2 saturated heterocycles. The molecule has 0 bridgehead atoms. The first-order chi connectivity index (χ1) is 11.3. The molecule has 134 valence electrons. The molecule has 0 N–H and O–H groups in total. The summed E-state index contributed by atoms with van der Waals surface area (Å²) < 4.78 is 11.0. The summed E-state index contributed by atoms with van der Waals surface area (Å²) in [6.07, 6.45) is 9.85. The van der Waals surface area contributed by atoms with E-state index in [9.17, 15) is 0 Å². The molecule has 4 nitrogen and oxygen atoms in total. The molecule has 0 aromatic carbocycles. The average molecular weight is 325 g/mol. The minimum absolute atomic E-state index is 0.532. The molecule has 2 aliphatic heterocycles. The van der Waals surface area contributed by atoms with Crippen LogP contribution in [-0.4, -0.2) is 76.0 Å². The van der Waals surface area contributed by atoms with E-state index in [-0.39, 0.29) is 0 Å². The minimum Gasteiger partial charge on any atom is -0.384 e. The van der Waals surface area contributed by atoms with Crippen LogP contribution in [-0.2, 0) is 9.47 Å². The zero-order valence-corrected chi connectivity index (χ0v) is 15.1. The van der Waals surface area contributed by atoms with Crippen LogP contribution < -0.4 is 0 Å². The third kappa shape index (κ3) is 5.15. The maximum atomic E-state index is 5.55. The van der Waals surface area contributed by atoms with Crippen molar-refractivity contribution >= 4 is 0 Å². The highest BCUT2D eigenvalue weighted by atomic mass is 16.5. The van der Waals surface area contributed by atoms with Gasteiger partial charge in [0, 0.05) is 39.8 Å². The van der Waals surface area contributed by atoms with Gasteiger partial charge in [-0.25, -0.2) is 0 Å². The molecule has 23 heavy (non-hydrogen) atoms. The molecule has 0 aromatic rings. The van der Waals surface area contributed by atoms with E-state index in [1.807, 2.05) is 7.11 Å². The lowest BCUT2D eigenvalue weighted by molar-refractivity contribution is -0.0115. The minimum atomic E-state index is 0.532. The summed E-state index contributed by atoms with van der Waals surface area (Å²) >= 11 is 0. The van der Waals surface area contributed by atoms with Crippen LogP contribution in [0.4, 0.5) is 0 Å². The van der Waals surface area contributed by atoms with E-state index in [1.54, 1.807) is 0 Å². The molecule has 0 amide bonds. The van der Waals surface area contributed by atoms with E-state index >= 15 is 0 Å². The lowest BCUT2D eigenvalue weighted by Crippen LogP contribution is -2.51. The van der Waals surface area contributed by atoms with E-state index in [4.69, 9.17) is 9.47 Å². The summed E-state index contributed by atoms with van der Waals surface area (Å²) in [6, 6.07) is 0. The van der Waals surface area contributed by atoms with Gasteiger partial charge in [-0.2, -0.15) is 0 Å². The SMILES string of the molecule is COC[C@@H]1CCCN(CC2(CN3CCOCC3)CCCCC2)C1. The quantitative estimate of drug-likeness (QED) is 0.750. The second-order valence-electron chi connectivity index (χ2n) is 8.15. The Labute approximate surface area is 142 Å². The van der Waals surface area contributed by atoms with E-state index in [0.29, 0.717) is 5.41 Å². The van der Waals surface area contributed by atoms with Gasteiger partial charge in [0.15, 0.2) is 0 Å². The van der Waals surface area contributed by atoms with Gasteiger partial charge in [0.05, 0.1) is 19.8 Å². The first-order valence-corrected chi connectivity index (χ1v) is 9.81. The van der Waals surface area contributed by atoms with Gasteiger partial charge >= 0.3 is 0 Å². The molecule has 1 saturated carbocycles. The number of morpholine rings is 1. The largest absolute Gasteiger partial charge is 0.384 e. The fraction of sp³-hybridized carbons (Fsp3) is 1.00. The molecule has 1 atom stereocenters. The predicted molar refractivity (Wildman–Crippen MR) is 93.8 cm³/mol. The fourth-order valence-electron chi connectivity index (χ4n) is 5.04. The number of likely N-dealkylation sites (tertiary alicyclic amines) is 1. The van der Waals surface area contributed by atoms with Gasteiger partial charge in [0.1, 0.15) is 0 Å². The molecular weight excluding hydrogens is 288 g/mol. The molecule has 3 aliphatic rings. The number of hydrogen-bond acceptors (Lipinski definition) is 4. The van der Waals surface area contributed by atoms with Crippen molar-refractivity contribution in [3.8, 4) is 0 Å². The Balaban J connectivity index is 1.59. The zero-order chi connectivity index (χ0) is 16.0. The first kappa shape index (κ1) is 17.7. The van der Waals surface area contributed by atoms with Crippen LogP contribution in [0.2, 0.25) is 0 Å². The highest BCUT2D eigenvalue weighted by Gasteiger charge is 2.37. The Morgan fingerprint density at radius 1 is 0.957 bits per heavy atom. The number of ether oxygens (including phenoxy) is 2. The van der Waals surface area contributed by atoms with E-state index in [2.05, 4.69) is 9.80 Å². The molecule has 1 aliphatic carbocycles. The summed E-state index contributed by atoms with van der Waals surface area (Å²) in [4.78, 5) is 5.43. The summed E-state index contributed by atoms with van der Waals surface area (Å²) in [5.41, 5.74) is 0.532. The molecular formula is C19H36N2O2. The van der Waals surface area contributed by atoms with Crippen LogP contribution in [0.15, 0.2) is 0 Å². The van der Waals surface area contributed by atoms with Crippen molar-refractivity contribution in [2.24, 2.45) is 11.3 Å². The van der Waals surface area contributed by atoms with Gasteiger partial charge in [-0.15, -0.1) is 0 Å². The van der Waals surface area contributed by atoms with Gasteiger partial charge in [-0.05, 0) is 43.6 Å². The van der Waals surface area contributed by atoms with Crippen LogP contribution in [0.3, 0.4) is 0 Å². The third-order valence-corrected chi connectivity index (χ3v) is 6.14. The van der Waals surface area contributed by atoms with Crippen molar-refractivity contribution in [1.29, 1.82) is 0 Å². The second-order valence-corrected chi connectivity index (χ2v) is 8.15. The van der Waals surface area contributed by atoms with Crippen LogP contribution in [0, 0.1) is 11.3 Å². The van der Waals surface area contributed by atoms with Crippen LogP contribution in [0.1, 0.15) is 44.9 Å². The summed E-state index contributed by atoms with van der Waals surface area (Å²) in [5, 5.41) is 0. The topological polar surface area (TPSA) is 24.9 Å². The molecule has 0 radical (unpaired) electrons. The van der Waals surface area contributed by atoms with Crippen LogP contribution in [0.5, 0.6) is 0 Å². The van der Waals surface area contributed by atoms with Crippen molar-refractivity contribution in [1.82, 2.24) is 9.80 Å².